The molecule has 0 saturated heterocycles. The number of aromatic nitrogens is 6. The van der Waals surface area contributed by atoms with E-state index < -0.39 is 0 Å². The minimum atomic E-state index is 0.398. The maximum atomic E-state index is 8.95. The first kappa shape index (κ1) is 10.2. The van der Waals surface area contributed by atoms with Crippen LogP contribution < -0.4 is 0 Å². The molecule has 0 aromatic carbocycles. The van der Waals surface area contributed by atoms with Gasteiger partial charge in [-0.1, -0.05) is 0 Å². The van der Waals surface area contributed by atoms with Crippen LogP contribution >= 0.6 is 11.8 Å². The summed E-state index contributed by atoms with van der Waals surface area (Å²) in [5.74, 6) is 0. The van der Waals surface area contributed by atoms with Crippen molar-refractivity contribution in [1.82, 2.24) is 30.4 Å². The molecule has 1 aliphatic carbocycles. The molecular weight excluding hydrogens is 238 g/mol. The van der Waals surface area contributed by atoms with Crippen molar-refractivity contribution in [2.24, 2.45) is 0 Å². The summed E-state index contributed by atoms with van der Waals surface area (Å²) >= 11 is 1.27. The Hall–Kier alpha value is -2.01. The van der Waals surface area contributed by atoms with Crippen molar-refractivity contribution in [3.63, 3.8) is 0 Å². The van der Waals surface area contributed by atoms with Gasteiger partial charge in [0.15, 0.2) is 0 Å². The number of nitriles is 1. The maximum Gasteiger partial charge on any atom is 0.215 e. The van der Waals surface area contributed by atoms with Gasteiger partial charge in [-0.25, -0.2) is 4.68 Å². The molecule has 0 unspecified atom stereocenters. The summed E-state index contributed by atoms with van der Waals surface area (Å²) in [6, 6.07) is 4.09. The lowest BCUT2D eigenvalue weighted by molar-refractivity contribution is 0.565. The topological polar surface area (TPSA) is 93.2 Å². The lowest BCUT2D eigenvalue weighted by Gasteiger charge is -2.01. The van der Waals surface area contributed by atoms with Crippen molar-refractivity contribution in [2.75, 3.05) is 0 Å². The molecule has 8 heteroatoms. The summed E-state index contributed by atoms with van der Waals surface area (Å²) < 4.78 is 1.78. The highest BCUT2D eigenvalue weighted by Gasteiger charge is 2.28. The largest absolute Gasteiger partial charge is 0.217 e. The van der Waals surface area contributed by atoms with Gasteiger partial charge in [-0.2, -0.15) is 10.4 Å². The number of hydrogen-bond acceptors (Lipinski definition) is 7. The molecule has 0 radical (unpaired) electrons. The summed E-state index contributed by atoms with van der Waals surface area (Å²) in [5.41, 5.74) is 0.482. The van der Waals surface area contributed by atoms with E-state index in [2.05, 4.69) is 31.8 Å². The van der Waals surface area contributed by atoms with Crippen LogP contribution in [0.25, 0.3) is 0 Å². The minimum Gasteiger partial charge on any atom is -0.217 e. The van der Waals surface area contributed by atoms with Gasteiger partial charge in [-0.3, -0.25) is 0 Å². The molecule has 0 atom stereocenters. The van der Waals surface area contributed by atoms with E-state index in [1.165, 1.54) is 18.0 Å². The molecule has 7 nitrogen and oxygen atoms in total. The molecule has 0 bridgehead atoms. The van der Waals surface area contributed by atoms with Gasteiger partial charge in [-0.05, 0) is 41.1 Å². The molecule has 1 fully saturated rings. The fourth-order valence-electron chi connectivity index (χ4n) is 1.37. The molecule has 0 N–H and O–H groups in total. The normalized spacial score (nSPS) is 14.5. The van der Waals surface area contributed by atoms with Gasteiger partial charge in [-0.15, -0.1) is 10.2 Å². The van der Waals surface area contributed by atoms with Crippen molar-refractivity contribution in [2.45, 2.75) is 29.1 Å². The smallest absolute Gasteiger partial charge is 0.215 e. The molecule has 0 amide bonds. The van der Waals surface area contributed by atoms with E-state index in [9.17, 15) is 0 Å². The van der Waals surface area contributed by atoms with E-state index in [0.29, 0.717) is 21.8 Å². The van der Waals surface area contributed by atoms with Gasteiger partial charge < -0.3 is 0 Å². The molecule has 2 aromatic rings. The molecule has 1 saturated carbocycles. The summed E-state index contributed by atoms with van der Waals surface area (Å²) in [6.45, 7) is 0. The Balaban J connectivity index is 1.91. The highest BCUT2D eigenvalue weighted by molar-refractivity contribution is 7.99. The van der Waals surface area contributed by atoms with Crippen molar-refractivity contribution in [3.8, 4) is 6.07 Å². The molecule has 17 heavy (non-hydrogen) atoms. The van der Waals surface area contributed by atoms with Crippen LogP contribution in [0, 0.1) is 11.3 Å². The van der Waals surface area contributed by atoms with Gasteiger partial charge in [0, 0.05) is 0 Å². The highest BCUT2D eigenvalue weighted by atomic mass is 32.2. The van der Waals surface area contributed by atoms with E-state index in [4.69, 9.17) is 5.26 Å². The van der Waals surface area contributed by atoms with Gasteiger partial charge in [0.2, 0.25) is 5.16 Å². The number of tetrazole rings is 1. The summed E-state index contributed by atoms with van der Waals surface area (Å²) in [5, 5.41) is 29.3. The Bertz CT molecular complexity index is 583. The van der Waals surface area contributed by atoms with E-state index >= 15 is 0 Å². The minimum absolute atomic E-state index is 0.398. The van der Waals surface area contributed by atoms with Gasteiger partial charge in [0.05, 0.1) is 17.8 Å². The zero-order chi connectivity index (χ0) is 11.7. The maximum absolute atomic E-state index is 8.95. The lowest BCUT2D eigenvalue weighted by atomic mass is 10.3. The van der Waals surface area contributed by atoms with E-state index in [1.807, 2.05) is 0 Å². The fraction of sp³-hybridized carbons (Fsp3) is 0.333. The van der Waals surface area contributed by atoms with Gasteiger partial charge in [0.25, 0.3) is 0 Å². The Labute approximate surface area is 101 Å². The van der Waals surface area contributed by atoms with Crippen LogP contribution in [-0.2, 0) is 0 Å². The first-order valence-corrected chi connectivity index (χ1v) is 5.87. The quantitative estimate of drug-likeness (QED) is 0.790. The van der Waals surface area contributed by atoms with Crippen LogP contribution in [0.2, 0.25) is 0 Å². The molecule has 0 aliphatic heterocycles. The number of rotatable bonds is 3. The van der Waals surface area contributed by atoms with Crippen molar-refractivity contribution >= 4 is 11.8 Å². The third kappa shape index (κ3) is 1.97. The SMILES string of the molecule is N#Cc1ccnnc1Sc1nnnn1C1CC1. The van der Waals surface area contributed by atoms with Crippen LogP contribution in [0.4, 0.5) is 0 Å². The van der Waals surface area contributed by atoms with Crippen LogP contribution in [0.5, 0.6) is 0 Å². The van der Waals surface area contributed by atoms with Crippen LogP contribution in [-0.4, -0.2) is 30.4 Å². The second-order valence-corrected chi connectivity index (χ2v) is 4.56. The van der Waals surface area contributed by atoms with Crippen molar-refractivity contribution < 1.29 is 0 Å². The standard InChI is InChI=1S/C9H7N7S/c10-5-6-3-4-11-12-8(6)17-9-13-14-15-16(9)7-1-2-7/h3-4,7H,1-2H2. The first-order valence-electron chi connectivity index (χ1n) is 5.06. The molecule has 1 aliphatic rings. The molecule has 0 spiro atoms. The van der Waals surface area contributed by atoms with E-state index in [0.717, 1.165) is 12.8 Å². The first-order chi connectivity index (χ1) is 8.38. The third-order valence-electron chi connectivity index (χ3n) is 2.35. The summed E-state index contributed by atoms with van der Waals surface area (Å²) in [6.07, 6.45) is 3.70. The fourth-order valence-corrected chi connectivity index (χ4v) is 2.21. The molecule has 84 valence electrons. The molecule has 3 rings (SSSR count). The average molecular weight is 245 g/mol. The summed E-state index contributed by atoms with van der Waals surface area (Å²) in [7, 11) is 0. The average Bonchev–Trinajstić information content (AvgIpc) is 3.11. The third-order valence-corrected chi connectivity index (χ3v) is 3.30. The Morgan fingerprint density at radius 1 is 1.41 bits per heavy atom. The lowest BCUT2D eigenvalue weighted by Crippen LogP contribution is -1.99. The predicted molar refractivity (Wildman–Crippen MR) is 57.0 cm³/mol. The van der Waals surface area contributed by atoms with Gasteiger partial charge in [0.1, 0.15) is 11.1 Å². The van der Waals surface area contributed by atoms with Crippen LogP contribution in [0.1, 0.15) is 24.4 Å². The number of hydrogen-bond donors (Lipinski definition) is 0. The van der Waals surface area contributed by atoms with Crippen molar-refractivity contribution in [1.29, 1.82) is 5.26 Å². The number of nitrogens with zero attached hydrogens (tertiary/aromatic N) is 7. The van der Waals surface area contributed by atoms with Crippen molar-refractivity contribution in [3.05, 3.63) is 17.8 Å². The Morgan fingerprint density at radius 2 is 2.29 bits per heavy atom. The summed E-state index contributed by atoms with van der Waals surface area (Å²) in [4.78, 5) is 0. The molecular formula is C9H7N7S. The van der Waals surface area contributed by atoms with Gasteiger partial charge >= 0.3 is 0 Å². The Morgan fingerprint density at radius 3 is 3.06 bits per heavy atom. The van der Waals surface area contributed by atoms with E-state index in [-0.39, 0.29) is 0 Å². The predicted octanol–water partition coefficient (Wildman–Crippen LogP) is 0.821. The van der Waals surface area contributed by atoms with Crippen LogP contribution in [0.3, 0.4) is 0 Å². The second-order valence-electron chi connectivity index (χ2n) is 3.60. The van der Waals surface area contributed by atoms with E-state index in [1.54, 1.807) is 10.7 Å². The molecule has 2 heterocycles. The Kier molecular flexibility index (Phi) is 2.45. The molecule has 2 aromatic heterocycles. The second kappa shape index (κ2) is 4.10. The van der Waals surface area contributed by atoms with Crippen LogP contribution in [0.15, 0.2) is 22.4 Å². The highest BCUT2D eigenvalue weighted by Crippen LogP contribution is 2.37. The monoisotopic (exact) mass is 245 g/mol. The zero-order valence-electron chi connectivity index (χ0n) is 8.69. The zero-order valence-corrected chi connectivity index (χ0v) is 9.50.